The van der Waals surface area contributed by atoms with Gasteiger partial charge in [0, 0.05) is 16.8 Å². The van der Waals surface area contributed by atoms with Gasteiger partial charge in [-0.25, -0.2) is 9.78 Å². The Balaban J connectivity index is 2.40. The van der Waals surface area contributed by atoms with E-state index in [-0.39, 0.29) is 0 Å². The number of halogens is 1. The van der Waals surface area contributed by atoms with E-state index in [4.69, 9.17) is 11.6 Å². The predicted octanol–water partition coefficient (Wildman–Crippen LogP) is 3.50. The van der Waals surface area contributed by atoms with Crippen molar-refractivity contribution in [3.63, 3.8) is 0 Å². The Morgan fingerprint density at radius 3 is 2.67 bits per heavy atom. The van der Waals surface area contributed by atoms with Crippen LogP contribution < -0.4 is 0 Å². The molecule has 18 heavy (non-hydrogen) atoms. The SMILES string of the molecule is COC(=O)c1ccc(-c2cc(Cl)ccc2C)cn1. The molecule has 0 saturated heterocycles. The lowest BCUT2D eigenvalue weighted by molar-refractivity contribution is 0.0594. The Kier molecular flexibility index (Phi) is 3.63. The van der Waals surface area contributed by atoms with Crippen LogP contribution in [0, 0.1) is 6.92 Å². The van der Waals surface area contributed by atoms with Crippen LogP contribution in [0.5, 0.6) is 0 Å². The molecule has 0 spiro atoms. The highest BCUT2D eigenvalue weighted by molar-refractivity contribution is 6.30. The number of hydrogen-bond donors (Lipinski definition) is 0. The van der Waals surface area contributed by atoms with Crippen molar-refractivity contribution in [2.45, 2.75) is 6.92 Å². The maximum absolute atomic E-state index is 11.3. The standard InChI is InChI=1S/C14H12ClNO2/c1-9-3-5-11(15)7-12(9)10-4-6-13(16-8-10)14(17)18-2/h3-8H,1-2H3. The van der Waals surface area contributed by atoms with Crippen LogP contribution in [0.25, 0.3) is 11.1 Å². The smallest absolute Gasteiger partial charge is 0.356 e. The third-order valence-electron chi connectivity index (χ3n) is 2.67. The lowest BCUT2D eigenvalue weighted by Crippen LogP contribution is -2.03. The monoisotopic (exact) mass is 261 g/mol. The molecule has 2 aromatic rings. The Morgan fingerprint density at radius 1 is 1.28 bits per heavy atom. The minimum absolute atomic E-state index is 0.293. The molecule has 0 N–H and O–H groups in total. The summed E-state index contributed by atoms with van der Waals surface area (Å²) in [6.07, 6.45) is 1.64. The van der Waals surface area contributed by atoms with Crippen molar-refractivity contribution in [2.75, 3.05) is 7.11 Å². The molecule has 2 rings (SSSR count). The topological polar surface area (TPSA) is 39.2 Å². The molecule has 3 nitrogen and oxygen atoms in total. The lowest BCUT2D eigenvalue weighted by Gasteiger charge is -2.06. The minimum atomic E-state index is -0.440. The highest BCUT2D eigenvalue weighted by Crippen LogP contribution is 2.26. The molecule has 0 saturated carbocycles. The van der Waals surface area contributed by atoms with Gasteiger partial charge in [0.1, 0.15) is 5.69 Å². The minimum Gasteiger partial charge on any atom is -0.464 e. The number of benzene rings is 1. The second-order valence-corrected chi connectivity index (χ2v) is 4.32. The third kappa shape index (κ3) is 2.51. The van der Waals surface area contributed by atoms with Gasteiger partial charge in [-0.2, -0.15) is 0 Å². The maximum Gasteiger partial charge on any atom is 0.356 e. The summed E-state index contributed by atoms with van der Waals surface area (Å²) in [6, 6.07) is 9.15. The van der Waals surface area contributed by atoms with Crippen LogP contribution in [0.2, 0.25) is 5.02 Å². The Labute approximate surface area is 110 Å². The Morgan fingerprint density at radius 2 is 2.06 bits per heavy atom. The molecule has 0 amide bonds. The van der Waals surface area contributed by atoms with Gasteiger partial charge < -0.3 is 4.74 Å². The van der Waals surface area contributed by atoms with Gasteiger partial charge in [0.15, 0.2) is 0 Å². The van der Waals surface area contributed by atoms with Crippen molar-refractivity contribution < 1.29 is 9.53 Å². The van der Waals surface area contributed by atoms with Gasteiger partial charge in [-0.15, -0.1) is 0 Å². The van der Waals surface area contributed by atoms with E-state index in [1.807, 2.05) is 31.2 Å². The maximum atomic E-state index is 11.3. The van der Waals surface area contributed by atoms with E-state index < -0.39 is 5.97 Å². The van der Waals surface area contributed by atoms with Crippen LogP contribution in [0.4, 0.5) is 0 Å². The summed E-state index contributed by atoms with van der Waals surface area (Å²) in [5.74, 6) is -0.440. The second kappa shape index (κ2) is 5.19. The molecule has 0 fully saturated rings. The van der Waals surface area contributed by atoms with Gasteiger partial charge in [-0.05, 0) is 36.2 Å². The van der Waals surface area contributed by atoms with Gasteiger partial charge >= 0.3 is 5.97 Å². The van der Waals surface area contributed by atoms with E-state index in [0.717, 1.165) is 16.7 Å². The largest absolute Gasteiger partial charge is 0.464 e. The number of hydrogen-bond acceptors (Lipinski definition) is 3. The summed E-state index contributed by atoms with van der Waals surface area (Å²) >= 11 is 5.98. The fourth-order valence-electron chi connectivity index (χ4n) is 1.68. The number of aryl methyl sites for hydroxylation is 1. The van der Waals surface area contributed by atoms with E-state index in [1.54, 1.807) is 12.3 Å². The quantitative estimate of drug-likeness (QED) is 0.777. The Hall–Kier alpha value is -1.87. The molecule has 0 atom stereocenters. The zero-order chi connectivity index (χ0) is 13.1. The summed E-state index contributed by atoms with van der Waals surface area (Å²) in [7, 11) is 1.33. The van der Waals surface area contributed by atoms with Crippen molar-refractivity contribution in [1.82, 2.24) is 4.98 Å². The zero-order valence-corrected chi connectivity index (χ0v) is 10.9. The van der Waals surface area contributed by atoms with Crippen LogP contribution in [0.15, 0.2) is 36.5 Å². The van der Waals surface area contributed by atoms with E-state index in [2.05, 4.69) is 9.72 Å². The number of methoxy groups -OCH3 is 1. The molecular weight excluding hydrogens is 250 g/mol. The first kappa shape index (κ1) is 12.6. The molecule has 0 aliphatic heterocycles. The van der Waals surface area contributed by atoms with Crippen molar-refractivity contribution in [3.8, 4) is 11.1 Å². The van der Waals surface area contributed by atoms with Crippen LogP contribution in [-0.2, 0) is 4.74 Å². The Bertz CT molecular complexity index is 579. The average molecular weight is 262 g/mol. The van der Waals surface area contributed by atoms with Crippen LogP contribution >= 0.6 is 11.6 Å². The summed E-state index contributed by atoms with van der Waals surface area (Å²) < 4.78 is 4.60. The molecule has 0 aliphatic rings. The summed E-state index contributed by atoms with van der Waals surface area (Å²) in [6.45, 7) is 2.00. The van der Waals surface area contributed by atoms with Crippen LogP contribution in [0.3, 0.4) is 0 Å². The summed E-state index contributed by atoms with van der Waals surface area (Å²) in [4.78, 5) is 15.4. The van der Waals surface area contributed by atoms with E-state index >= 15 is 0 Å². The normalized spacial score (nSPS) is 10.2. The number of esters is 1. The number of carbonyl (C=O) groups is 1. The highest BCUT2D eigenvalue weighted by atomic mass is 35.5. The number of carbonyl (C=O) groups excluding carboxylic acids is 1. The number of pyridine rings is 1. The molecule has 1 heterocycles. The molecule has 92 valence electrons. The van der Waals surface area contributed by atoms with Gasteiger partial charge in [-0.1, -0.05) is 23.7 Å². The van der Waals surface area contributed by atoms with E-state index in [0.29, 0.717) is 10.7 Å². The van der Waals surface area contributed by atoms with Crippen molar-refractivity contribution in [2.24, 2.45) is 0 Å². The summed E-state index contributed by atoms with van der Waals surface area (Å²) in [5.41, 5.74) is 3.32. The second-order valence-electron chi connectivity index (χ2n) is 3.88. The molecule has 1 aromatic carbocycles. The number of ether oxygens (including phenoxy) is 1. The fourth-order valence-corrected chi connectivity index (χ4v) is 1.86. The molecule has 0 aliphatic carbocycles. The zero-order valence-electron chi connectivity index (χ0n) is 10.1. The van der Waals surface area contributed by atoms with Crippen LogP contribution in [0.1, 0.15) is 16.1 Å². The predicted molar refractivity (Wildman–Crippen MR) is 70.8 cm³/mol. The number of aromatic nitrogens is 1. The first-order valence-electron chi connectivity index (χ1n) is 5.42. The molecule has 4 heteroatoms. The first-order valence-corrected chi connectivity index (χ1v) is 5.80. The molecular formula is C14H12ClNO2. The van der Waals surface area contributed by atoms with Gasteiger partial charge in [0.2, 0.25) is 0 Å². The van der Waals surface area contributed by atoms with E-state index in [9.17, 15) is 4.79 Å². The van der Waals surface area contributed by atoms with Crippen LogP contribution in [-0.4, -0.2) is 18.1 Å². The highest BCUT2D eigenvalue weighted by Gasteiger charge is 2.08. The van der Waals surface area contributed by atoms with Gasteiger partial charge in [0.05, 0.1) is 7.11 Å². The lowest BCUT2D eigenvalue weighted by atomic mass is 10.0. The van der Waals surface area contributed by atoms with Gasteiger partial charge in [-0.3, -0.25) is 0 Å². The van der Waals surface area contributed by atoms with Crippen molar-refractivity contribution in [3.05, 3.63) is 52.8 Å². The number of nitrogens with zero attached hydrogens (tertiary/aromatic N) is 1. The molecule has 0 radical (unpaired) electrons. The van der Waals surface area contributed by atoms with Crippen molar-refractivity contribution in [1.29, 1.82) is 0 Å². The first-order chi connectivity index (χ1) is 8.61. The summed E-state index contributed by atoms with van der Waals surface area (Å²) in [5, 5.41) is 0.674. The number of rotatable bonds is 2. The third-order valence-corrected chi connectivity index (χ3v) is 2.90. The van der Waals surface area contributed by atoms with E-state index in [1.165, 1.54) is 7.11 Å². The molecule has 0 bridgehead atoms. The fraction of sp³-hybridized carbons (Fsp3) is 0.143. The van der Waals surface area contributed by atoms with Gasteiger partial charge in [0.25, 0.3) is 0 Å². The molecule has 0 unspecified atom stereocenters. The van der Waals surface area contributed by atoms with Crippen molar-refractivity contribution >= 4 is 17.6 Å². The average Bonchev–Trinajstić information content (AvgIpc) is 2.41. The molecule has 1 aromatic heterocycles.